The summed E-state index contributed by atoms with van der Waals surface area (Å²) in [6, 6.07) is 4.15. The SMILES string of the molecule is CCC(N)CCN(C)C(=O)c1nn(C)c2nc(N3CCCCCC3)ccc12. The Balaban J connectivity index is 1.82. The third-order valence-electron chi connectivity index (χ3n) is 5.51. The highest BCUT2D eigenvalue weighted by Crippen LogP contribution is 2.23. The summed E-state index contributed by atoms with van der Waals surface area (Å²) >= 11 is 0. The van der Waals surface area contributed by atoms with E-state index in [4.69, 9.17) is 10.7 Å². The minimum Gasteiger partial charge on any atom is -0.357 e. The minimum absolute atomic E-state index is 0.0757. The largest absolute Gasteiger partial charge is 0.357 e. The summed E-state index contributed by atoms with van der Waals surface area (Å²) in [5.41, 5.74) is 7.21. The lowest BCUT2D eigenvalue weighted by molar-refractivity contribution is 0.0786. The number of hydrogen-bond donors (Lipinski definition) is 1. The predicted octanol–water partition coefficient (Wildman–Crippen LogP) is 2.55. The second kappa shape index (κ2) is 8.69. The van der Waals surface area contributed by atoms with Crippen LogP contribution < -0.4 is 10.6 Å². The fourth-order valence-electron chi connectivity index (χ4n) is 3.60. The third-order valence-corrected chi connectivity index (χ3v) is 5.51. The molecule has 2 aromatic heterocycles. The number of nitrogens with two attached hydrogens (primary N) is 1. The molecule has 0 spiro atoms. The molecule has 27 heavy (non-hydrogen) atoms. The molecule has 2 aromatic rings. The fourth-order valence-corrected chi connectivity index (χ4v) is 3.60. The van der Waals surface area contributed by atoms with Gasteiger partial charge in [-0.3, -0.25) is 4.79 Å². The van der Waals surface area contributed by atoms with Gasteiger partial charge in [0, 0.05) is 39.8 Å². The highest BCUT2D eigenvalue weighted by Gasteiger charge is 2.22. The molecular formula is C20H32N6O. The maximum atomic E-state index is 12.9. The van der Waals surface area contributed by atoms with Crippen LogP contribution in [-0.2, 0) is 7.05 Å². The molecule has 7 heteroatoms. The van der Waals surface area contributed by atoms with E-state index in [0.717, 1.165) is 42.8 Å². The van der Waals surface area contributed by atoms with Crippen LogP contribution in [0, 0.1) is 0 Å². The van der Waals surface area contributed by atoms with Crippen molar-refractivity contribution in [3.05, 3.63) is 17.8 Å². The second-order valence-corrected chi connectivity index (χ2v) is 7.60. The maximum Gasteiger partial charge on any atom is 0.274 e. The Labute approximate surface area is 161 Å². The van der Waals surface area contributed by atoms with Gasteiger partial charge in [-0.1, -0.05) is 19.8 Å². The average Bonchev–Trinajstić information content (AvgIpc) is 2.86. The lowest BCUT2D eigenvalue weighted by atomic mass is 10.1. The van der Waals surface area contributed by atoms with Gasteiger partial charge in [-0.2, -0.15) is 5.10 Å². The first-order valence-electron chi connectivity index (χ1n) is 10.1. The van der Waals surface area contributed by atoms with Crippen molar-refractivity contribution < 1.29 is 4.79 Å². The highest BCUT2D eigenvalue weighted by atomic mass is 16.2. The molecule has 0 radical (unpaired) electrons. The summed E-state index contributed by atoms with van der Waals surface area (Å²) in [7, 11) is 3.66. The Morgan fingerprint density at radius 1 is 1.26 bits per heavy atom. The van der Waals surface area contributed by atoms with Gasteiger partial charge in [0.05, 0.1) is 5.39 Å². The number of fused-ring (bicyclic) bond motifs is 1. The maximum absolute atomic E-state index is 12.9. The van der Waals surface area contributed by atoms with E-state index in [1.165, 1.54) is 25.7 Å². The number of pyridine rings is 1. The first kappa shape index (κ1) is 19.6. The van der Waals surface area contributed by atoms with Gasteiger partial charge >= 0.3 is 0 Å². The van der Waals surface area contributed by atoms with Gasteiger partial charge in [0.1, 0.15) is 5.82 Å². The molecule has 1 amide bonds. The van der Waals surface area contributed by atoms with Crippen LogP contribution in [0.15, 0.2) is 12.1 Å². The fraction of sp³-hybridized carbons (Fsp3) is 0.650. The average molecular weight is 373 g/mol. The van der Waals surface area contributed by atoms with E-state index in [0.29, 0.717) is 12.2 Å². The summed E-state index contributed by atoms with van der Waals surface area (Å²) in [4.78, 5) is 21.8. The number of carbonyl (C=O) groups excluding carboxylic acids is 1. The number of aryl methyl sites for hydroxylation is 1. The van der Waals surface area contributed by atoms with Gasteiger partial charge in [-0.05, 0) is 37.8 Å². The van der Waals surface area contributed by atoms with Gasteiger partial charge < -0.3 is 15.5 Å². The first-order valence-corrected chi connectivity index (χ1v) is 10.1. The van der Waals surface area contributed by atoms with E-state index in [1.54, 1.807) is 9.58 Å². The van der Waals surface area contributed by atoms with E-state index >= 15 is 0 Å². The molecule has 3 rings (SSSR count). The summed E-state index contributed by atoms with van der Waals surface area (Å²) in [6.45, 7) is 4.78. The summed E-state index contributed by atoms with van der Waals surface area (Å²) in [5, 5.41) is 5.29. The van der Waals surface area contributed by atoms with Crippen molar-refractivity contribution in [2.45, 2.75) is 51.5 Å². The van der Waals surface area contributed by atoms with Gasteiger partial charge in [0.25, 0.3) is 5.91 Å². The van der Waals surface area contributed by atoms with Crippen molar-refractivity contribution in [3.8, 4) is 0 Å². The number of carbonyl (C=O) groups is 1. The summed E-state index contributed by atoms with van der Waals surface area (Å²) in [5.74, 6) is 0.905. The molecule has 1 atom stereocenters. The normalized spacial score (nSPS) is 16.4. The number of anilines is 1. The molecule has 1 unspecified atom stereocenters. The summed E-state index contributed by atoms with van der Waals surface area (Å²) < 4.78 is 1.72. The highest BCUT2D eigenvalue weighted by molar-refractivity contribution is 6.04. The Morgan fingerprint density at radius 3 is 2.63 bits per heavy atom. The molecule has 7 nitrogen and oxygen atoms in total. The van der Waals surface area contributed by atoms with Gasteiger partial charge in [-0.15, -0.1) is 0 Å². The number of amides is 1. The first-order chi connectivity index (χ1) is 13.0. The number of rotatable bonds is 6. The monoisotopic (exact) mass is 372 g/mol. The molecular weight excluding hydrogens is 340 g/mol. The quantitative estimate of drug-likeness (QED) is 0.843. The Morgan fingerprint density at radius 2 is 1.96 bits per heavy atom. The van der Waals surface area contributed by atoms with Crippen molar-refractivity contribution in [1.82, 2.24) is 19.7 Å². The minimum atomic E-state index is -0.0757. The Hall–Kier alpha value is -2.15. The van der Waals surface area contributed by atoms with Crippen LogP contribution in [0.1, 0.15) is 55.9 Å². The molecule has 148 valence electrons. The van der Waals surface area contributed by atoms with Crippen molar-refractivity contribution in [2.24, 2.45) is 12.8 Å². The van der Waals surface area contributed by atoms with E-state index in [9.17, 15) is 4.79 Å². The molecule has 0 aromatic carbocycles. The van der Waals surface area contributed by atoms with Crippen molar-refractivity contribution in [1.29, 1.82) is 0 Å². The van der Waals surface area contributed by atoms with E-state index in [2.05, 4.69) is 16.9 Å². The standard InChI is InChI=1S/C20H32N6O/c1-4-15(21)11-14-24(2)20(27)18-16-9-10-17(22-19(16)25(3)23-18)26-12-7-5-6-8-13-26/h9-10,15H,4-8,11-14,21H2,1-3H3. The van der Waals surface area contributed by atoms with Gasteiger partial charge in [0.15, 0.2) is 11.3 Å². The molecule has 3 heterocycles. The number of aromatic nitrogens is 3. The molecule has 0 aliphatic carbocycles. The lowest BCUT2D eigenvalue weighted by Crippen LogP contribution is -2.32. The molecule has 1 aliphatic heterocycles. The van der Waals surface area contributed by atoms with Crippen LogP contribution in [0.5, 0.6) is 0 Å². The van der Waals surface area contributed by atoms with Crippen LogP contribution in [0.4, 0.5) is 5.82 Å². The van der Waals surface area contributed by atoms with Crippen LogP contribution >= 0.6 is 0 Å². The topological polar surface area (TPSA) is 80.3 Å². The van der Waals surface area contributed by atoms with E-state index in [1.807, 2.05) is 26.2 Å². The van der Waals surface area contributed by atoms with E-state index in [-0.39, 0.29) is 11.9 Å². The van der Waals surface area contributed by atoms with Gasteiger partial charge in [0.2, 0.25) is 0 Å². The van der Waals surface area contributed by atoms with Crippen molar-refractivity contribution in [3.63, 3.8) is 0 Å². The molecule has 1 saturated heterocycles. The Bertz CT molecular complexity index is 778. The molecule has 0 saturated carbocycles. The zero-order chi connectivity index (χ0) is 19.4. The number of hydrogen-bond acceptors (Lipinski definition) is 5. The van der Waals surface area contributed by atoms with Gasteiger partial charge in [-0.25, -0.2) is 9.67 Å². The molecule has 0 bridgehead atoms. The molecule has 1 aliphatic rings. The van der Waals surface area contributed by atoms with Crippen LogP contribution in [0.2, 0.25) is 0 Å². The van der Waals surface area contributed by atoms with Crippen LogP contribution in [0.25, 0.3) is 11.0 Å². The Kier molecular flexibility index (Phi) is 6.31. The van der Waals surface area contributed by atoms with Crippen LogP contribution in [-0.4, -0.2) is 58.3 Å². The molecule has 1 fully saturated rings. The number of nitrogens with zero attached hydrogens (tertiary/aromatic N) is 5. The second-order valence-electron chi connectivity index (χ2n) is 7.60. The van der Waals surface area contributed by atoms with Crippen molar-refractivity contribution >= 4 is 22.8 Å². The predicted molar refractivity (Wildman–Crippen MR) is 109 cm³/mol. The van der Waals surface area contributed by atoms with E-state index < -0.39 is 0 Å². The molecule has 2 N–H and O–H groups in total. The lowest BCUT2D eigenvalue weighted by Gasteiger charge is -2.21. The van der Waals surface area contributed by atoms with Crippen molar-refractivity contribution in [2.75, 3.05) is 31.6 Å². The summed E-state index contributed by atoms with van der Waals surface area (Å²) in [6.07, 6.45) is 6.70. The zero-order valence-corrected chi connectivity index (χ0v) is 16.8. The third kappa shape index (κ3) is 4.40. The smallest absolute Gasteiger partial charge is 0.274 e. The zero-order valence-electron chi connectivity index (χ0n) is 16.8. The van der Waals surface area contributed by atoms with Crippen LogP contribution in [0.3, 0.4) is 0 Å².